The van der Waals surface area contributed by atoms with Crippen LogP contribution in [0, 0.1) is 3.57 Å². The Balaban J connectivity index is 3.37. The third-order valence-corrected chi connectivity index (χ3v) is 2.77. The number of halogens is 8. The van der Waals surface area contributed by atoms with Crippen molar-refractivity contribution in [3.05, 3.63) is 21.0 Å². The summed E-state index contributed by atoms with van der Waals surface area (Å²) in [6.07, 6.45) is -9.86. The summed E-state index contributed by atoms with van der Waals surface area (Å²) in [6, 6.07) is 0. The van der Waals surface area contributed by atoms with Gasteiger partial charge in [0.25, 0.3) is 0 Å². The summed E-state index contributed by atoms with van der Waals surface area (Å²) in [5.41, 5.74) is -2.26. The molecule has 0 atom stereocenters. The highest BCUT2D eigenvalue weighted by molar-refractivity contribution is 14.1. The van der Waals surface area contributed by atoms with Gasteiger partial charge in [0.15, 0.2) is 5.75 Å². The van der Waals surface area contributed by atoms with Crippen LogP contribution in [0.5, 0.6) is 5.75 Å². The first-order valence-electron chi connectivity index (χ1n) is 4.12. The molecule has 0 amide bonds. The fourth-order valence-electron chi connectivity index (χ4n) is 1.02. The van der Waals surface area contributed by atoms with E-state index in [1.807, 2.05) is 0 Å². The summed E-state index contributed by atoms with van der Waals surface area (Å²) in [5.74, 6) is -1.26. The molecule has 0 aliphatic heterocycles. The molecule has 0 aromatic carbocycles. The van der Waals surface area contributed by atoms with Gasteiger partial charge in [0, 0.05) is 6.20 Å². The molecule has 1 rings (SSSR count). The lowest BCUT2D eigenvalue weighted by atomic mass is 10.2. The maximum Gasteiger partial charge on any atom is 0.573 e. The third-order valence-electron chi connectivity index (χ3n) is 1.70. The Morgan fingerprint density at radius 1 is 1.17 bits per heavy atom. The van der Waals surface area contributed by atoms with Crippen LogP contribution in [0.3, 0.4) is 0 Å². The Morgan fingerprint density at radius 2 is 1.72 bits per heavy atom. The van der Waals surface area contributed by atoms with Gasteiger partial charge >= 0.3 is 12.5 Å². The predicted octanol–water partition coefficient (Wildman–Crippen LogP) is 4.07. The molecule has 0 aliphatic carbocycles. The number of ether oxygens (including phenoxy) is 1. The van der Waals surface area contributed by atoms with Gasteiger partial charge in [0.05, 0.1) is 9.13 Å². The largest absolute Gasteiger partial charge is 0.573 e. The van der Waals surface area contributed by atoms with E-state index in [1.54, 1.807) is 0 Å². The lowest BCUT2D eigenvalue weighted by molar-refractivity contribution is -0.275. The Morgan fingerprint density at radius 3 is 2.11 bits per heavy atom. The van der Waals surface area contributed by atoms with Crippen molar-refractivity contribution < 1.29 is 35.5 Å². The van der Waals surface area contributed by atoms with E-state index in [2.05, 4.69) is 9.72 Å². The van der Waals surface area contributed by atoms with E-state index in [0.29, 0.717) is 0 Å². The van der Waals surface area contributed by atoms with Crippen molar-refractivity contribution in [2.75, 3.05) is 0 Å². The van der Waals surface area contributed by atoms with Crippen molar-refractivity contribution in [2.45, 2.75) is 19.2 Å². The number of nitrogens with zero attached hydrogens (tertiary/aromatic N) is 1. The molecule has 2 nitrogen and oxygen atoms in total. The van der Waals surface area contributed by atoms with Gasteiger partial charge in [-0.15, -0.1) is 13.2 Å². The fraction of sp³-hybridized carbons (Fsp3) is 0.375. The molecule has 1 aromatic heterocycles. The van der Waals surface area contributed by atoms with Gasteiger partial charge in [-0.05, 0) is 22.6 Å². The van der Waals surface area contributed by atoms with E-state index in [-0.39, 0.29) is 6.20 Å². The van der Waals surface area contributed by atoms with Crippen LogP contribution in [0.1, 0.15) is 11.3 Å². The van der Waals surface area contributed by atoms with E-state index in [4.69, 9.17) is 0 Å². The summed E-state index contributed by atoms with van der Waals surface area (Å²) >= 11 is 1.00. The molecule has 0 aliphatic rings. The van der Waals surface area contributed by atoms with Crippen LogP contribution in [-0.4, -0.2) is 11.3 Å². The van der Waals surface area contributed by atoms with Crippen molar-refractivity contribution >= 4 is 22.6 Å². The normalized spacial score (nSPS) is 12.7. The highest BCUT2D eigenvalue weighted by atomic mass is 127. The second kappa shape index (κ2) is 5.05. The monoisotopic (exact) mass is 389 g/mol. The van der Waals surface area contributed by atoms with Gasteiger partial charge in [-0.3, -0.25) is 4.98 Å². The molecule has 0 saturated heterocycles. The van der Waals surface area contributed by atoms with Crippen molar-refractivity contribution in [2.24, 2.45) is 0 Å². The minimum atomic E-state index is -5.23. The van der Waals surface area contributed by atoms with E-state index < -0.39 is 39.8 Å². The lowest BCUT2D eigenvalue weighted by Gasteiger charge is -2.16. The van der Waals surface area contributed by atoms with Crippen LogP contribution in [0.2, 0.25) is 0 Å². The van der Waals surface area contributed by atoms with Crippen LogP contribution in [0.15, 0.2) is 6.20 Å². The number of aromatic nitrogens is 1. The number of pyridine rings is 1. The van der Waals surface area contributed by atoms with Crippen molar-refractivity contribution in [3.63, 3.8) is 0 Å². The van der Waals surface area contributed by atoms with Crippen molar-refractivity contribution in [1.29, 1.82) is 0 Å². The lowest BCUT2D eigenvalue weighted by Crippen LogP contribution is -2.21. The highest BCUT2D eigenvalue weighted by Crippen LogP contribution is 2.39. The minimum Gasteiger partial charge on any atom is -0.403 e. The standard InChI is InChI=1S/C8H3F7INO/c9-1-4-6(18-8(13,14)15)5(16)3(2-17-4)7(10,11)12/h2H,1H2. The smallest absolute Gasteiger partial charge is 0.403 e. The Labute approximate surface area is 109 Å². The third kappa shape index (κ3) is 3.59. The second-order valence-electron chi connectivity index (χ2n) is 2.94. The zero-order chi connectivity index (χ0) is 14.1. The van der Waals surface area contributed by atoms with Gasteiger partial charge in [-0.1, -0.05) is 0 Å². The Bertz CT molecular complexity index is 442. The molecule has 0 spiro atoms. The second-order valence-corrected chi connectivity index (χ2v) is 4.02. The SMILES string of the molecule is FCc1ncc(C(F)(F)F)c(I)c1OC(F)(F)F. The molecular formula is C8H3F7INO. The molecule has 18 heavy (non-hydrogen) atoms. The number of rotatable bonds is 2. The van der Waals surface area contributed by atoms with Crippen LogP contribution >= 0.6 is 22.6 Å². The molecule has 0 bridgehead atoms. The zero-order valence-corrected chi connectivity index (χ0v) is 10.3. The van der Waals surface area contributed by atoms with E-state index in [9.17, 15) is 30.7 Å². The first-order valence-corrected chi connectivity index (χ1v) is 5.20. The van der Waals surface area contributed by atoms with Gasteiger partial charge in [0.2, 0.25) is 0 Å². The first-order chi connectivity index (χ1) is 8.06. The Hall–Kier alpha value is -0.810. The van der Waals surface area contributed by atoms with Crippen molar-refractivity contribution in [3.8, 4) is 5.75 Å². The molecule has 102 valence electrons. The zero-order valence-electron chi connectivity index (χ0n) is 8.16. The summed E-state index contributed by atoms with van der Waals surface area (Å²) in [4.78, 5) is 2.98. The van der Waals surface area contributed by atoms with Gasteiger partial charge in [-0.2, -0.15) is 13.2 Å². The summed E-state index contributed by atoms with van der Waals surface area (Å²) in [7, 11) is 0. The van der Waals surface area contributed by atoms with E-state index >= 15 is 0 Å². The topological polar surface area (TPSA) is 22.1 Å². The van der Waals surface area contributed by atoms with Gasteiger partial charge < -0.3 is 4.74 Å². The first kappa shape index (κ1) is 15.2. The highest BCUT2D eigenvalue weighted by Gasteiger charge is 2.39. The average Bonchev–Trinajstić information content (AvgIpc) is 2.17. The quantitative estimate of drug-likeness (QED) is 0.562. The van der Waals surface area contributed by atoms with Crippen LogP contribution in [0.25, 0.3) is 0 Å². The number of hydrogen-bond donors (Lipinski definition) is 0. The average molecular weight is 389 g/mol. The van der Waals surface area contributed by atoms with Crippen LogP contribution in [0.4, 0.5) is 30.7 Å². The number of alkyl halides is 7. The van der Waals surface area contributed by atoms with Crippen LogP contribution in [-0.2, 0) is 12.9 Å². The summed E-state index contributed by atoms with van der Waals surface area (Å²) in [5, 5.41) is 0. The molecular weight excluding hydrogens is 386 g/mol. The Kier molecular flexibility index (Phi) is 4.28. The molecule has 10 heteroatoms. The maximum atomic E-state index is 12.4. The van der Waals surface area contributed by atoms with Gasteiger partial charge in [0.1, 0.15) is 12.4 Å². The summed E-state index contributed by atoms with van der Waals surface area (Å²) in [6.45, 7) is -1.47. The summed E-state index contributed by atoms with van der Waals surface area (Å²) < 4.78 is 88.2. The number of hydrogen-bond acceptors (Lipinski definition) is 2. The maximum absolute atomic E-state index is 12.4. The van der Waals surface area contributed by atoms with Crippen LogP contribution < -0.4 is 4.74 Å². The molecule has 0 N–H and O–H groups in total. The minimum absolute atomic E-state index is 0.264. The predicted molar refractivity (Wildman–Crippen MR) is 53.5 cm³/mol. The van der Waals surface area contributed by atoms with E-state index in [0.717, 1.165) is 22.6 Å². The molecule has 1 aromatic rings. The molecule has 0 radical (unpaired) electrons. The fourth-order valence-corrected chi connectivity index (χ4v) is 1.89. The molecule has 1 heterocycles. The van der Waals surface area contributed by atoms with Crippen molar-refractivity contribution in [1.82, 2.24) is 4.98 Å². The molecule has 0 fully saturated rings. The molecule has 0 unspecified atom stereocenters. The van der Waals surface area contributed by atoms with Gasteiger partial charge in [-0.25, -0.2) is 4.39 Å². The molecule has 0 saturated carbocycles. The van der Waals surface area contributed by atoms with E-state index in [1.165, 1.54) is 0 Å².